The molecular weight excluding hydrogens is 295 g/mol. The maximum atomic E-state index is 3.48. The van der Waals surface area contributed by atoms with E-state index in [-0.39, 0.29) is 0 Å². The highest BCUT2D eigenvalue weighted by Crippen LogP contribution is 2.05. The zero-order chi connectivity index (χ0) is 13.3. The van der Waals surface area contributed by atoms with E-state index in [1.54, 1.807) is 0 Å². The smallest absolute Gasteiger partial charge is 0.0928 e. The van der Waals surface area contributed by atoms with E-state index < -0.39 is 0 Å². The van der Waals surface area contributed by atoms with Crippen molar-refractivity contribution in [1.82, 2.24) is 0 Å². The van der Waals surface area contributed by atoms with Gasteiger partial charge in [-0.05, 0) is 31.1 Å². The molecule has 2 rings (SSSR count). The SMILES string of the molecule is BrCCCCc1cccc([B]Cc2ccccc2)c1. The quantitative estimate of drug-likeness (QED) is 0.413. The Morgan fingerprint density at radius 1 is 0.842 bits per heavy atom. The van der Waals surface area contributed by atoms with E-state index in [0.29, 0.717) is 0 Å². The van der Waals surface area contributed by atoms with Crippen molar-refractivity contribution >= 4 is 28.7 Å². The summed E-state index contributed by atoms with van der Waals surface area (Å²) in [5.74, 6) is 0. The van der Waals surface area contributed by atoms with Crippen LogP contribution >= 0.6 is 15.9 Å². The zero-order valence-electron chi connectivity index (χ0n) is 11.2. The molecule has 0 aliphatic carbocycles. The van der Waals surface area contributed by atoms with Gasteiger partial charge in [-0.3, -0.25) is 0 Å². The Hall–Kier alpha value is -1.02. The van der Waals surface area contributed by atoms with Gasteiger partial charge in [0.05, 0.1) is 0 Å². The van der Waals surface area contributed by atoms with E-state index >= 15 is 0 Å². The molecule has 0 N–H and O–H groups in total. The highest BCUT2D eigenvalue weighted by atomic mass is 79.9. The van der Waals surface area contributed by atoms with Crippen molar-refractivity contribution < 1.29 is 0 Å². The molecule has 0 aliphatic rings. The van der Waals surface area contributed by atoms with Crippen molar-refractivity contribution in [1.29, 1.82) is 0 Å². The molecule has 0 saturated carbocycles. The molecule has 2 aromatic rings. The predicted octanol–water partition coefficient (Wildman–Crippen LogP) is 3.93. The molecule has 0 nitrogen and oxygen atoms in total. The van der Waals surface area contributed by atoms with E-state index in [4.69, 9.17) is 0 Å². The Bertz CT molecular complexity index is 482. The standard InChI is InChI=1S/C17H19BBr/c19-12-5-4-7-15-10-6-11-17(13-15)18-14-16-8-2-1-3-9-16/h1-3,6,8-11,13H,4-5,7,12,14H2. The third-order valence-electron chi connectivity index (χ3n) is 3.22. The molecular formula is C17H19BBr. The number of hydrogen-bond acceptors (Lipinski definition) is 0. The van der Waals surface area contributed by atoms with Gasteiger partial charge in [-0.1, -0.05) is 81.6 Å². The van der Waals surface area contributed by atoms with Crippen LogP contribution in [0.15, 0.2) is 54.6 Å². The maximum absolute atomic E-state index is 3.48. The van der Waals surface area contributed by atoms with Gasteiger partial charge < -0.3 is 0 Å². The molecule has 97 valence electrons. The van der Waals surface area contributed by atoms with Crippen LogP contribution in [0.3, 0.4) is 0 Å². The second-order valence-corrected chi connectivity index (χ2v) is 5.58. The number of unbranched alkanes of at least 4 members (excludes halogenated alkanes) is 1. The number of aryl methyl sites for hydroxylation is 1. The van der Waals surface area contributed by atoms with Gasteiger partial charge in [0.1, 0.15) is 0 Å². The second kappa shape index (κ2) is 8.21. The Morgan fingerprint density at radius 3 is 2.42 bits per heavy atom. The molecule has 2 heteroatoms. The van der Waals surface area contributed by atoms with Crippen molar-refractivity contribution in [3.05, 3.63) is 65.7 Å². The van der Waals surface area contributed by atoms with Gasteiger partial charge >= 0.3 is 0 Å². The van der Waals surface area contributed by atoms with Gasteiger partial charge in [0, 0.05) is 5.33 Å². The lowest BCUT2D eigenvalue weighted by Crippen LogP contribution is -2.17. The summed E-state index contributed by atoms with van der Waals surface area (Å²) < 4.78 is 0. The van der Waals surface area contributed by atoms with Gasteiger partial charge in [0.25, 0.3) is 0 Å². The fraction of sp³-hybridized carbons (Fsp3) is 0.294. The largest absolute Gasteiger partial charge is 0.156 e. The van der Waals surface area contributed by atoms with Gasteiger partial charge in [0.15, 0.2) is 7.28 Å². The number of benzene rings is 2. The lowest BCUT2D eigenvalue weighted by Gasteiger charge is -2.05. The molecule has 0 saturated heterocycles. The topological polar surface area (TPSA) is 0 Å². The molecule has 19 heavy (non-hydrogen) atoms. The molecule has 0 fully saturated rings. The maximum Gasteiger partial charge on any atom is 0.156 e. The fourth-order valence-electron chi connectivity index (χ4n) is 2.15. The summed E-state index contributed by atoms with van der Waals surface area (Å²) in [6.07, 6.45) is 4.69. The summed E-state index contributed by atoms with van der Waals surface area (Å²) in [5, 5.41) is 1.10. The average molecular weight is 314 g/mol. The summed E-state index contributed by atoms with van der Waals surface area (Å²) >= 11 is 3.48. The van der Waals surface area contributed by atoms with E-state index in [1.807, 2.05) is 0 Å². The Balaban J connectivity index is 1.88. The summed E-state index contributed by atoms with van der Waals surface area (Å²) in [6.45, 7) is 0. The minimum atomic E-state index is 1.01. The summed E-state index contributed by atoms with van der Waals surface area (Å²) in [7, 11) is 2.31. The number of halogens is 1. The fourth-order valence-corrected chi connectivity index (χ4v) is 2.55. The normalized spacial score (nSPS) is 10.4. The van der Waals surface area contributed by atoms with Gasteiger partial charge in [0.2, 0.25) is 0 Å². The van der Waals surface area contributed by atoms with Crippen LogP contribution in [0.4, 0.5) is 0 Å². The summed E-state index contributed by atoms with van der Waals surface area (Å²) in [6, 6.07) is 19.5. The third kappa shape index (κ3) is 5.24. The minimum absolute atomic E-state index is 1.01. The lowest BCUT2D eigenvalue weighted by molar-refractivity contribution is 0.806. The molecule has 0 bridgehead atoms. The molecule has 0 amide bonds. The Morgan fingerprint density at radius 2 is 1.63 bits per heavy atom. The van der Waals surface area contributed by atoms with E-state index in [2.05, 4.69) is 77.8 Å². The Labute approximate surface area is 125 Å². The van der Waals surface area contributed by atoms with E-state index in [0.717, 1.165) is 11.7 Å². The molecule has 2 aromatic carbocycles. The van der Waals surface area contributed by atoms with Crippen molar-refractivity contribution in [2.24, 2.45) is 0 Å². The lowest BCUT2D eigenvalue weighted by atomic mass is 9.65. The molecule has 0 atom stereocenters. The molecule has 0 aliphatic heterocycles. The van der Waals surface area contributed by atoms with Gasteiger partial charge in [-0.25, -0.2) is 0 Å². The average Bonchev–Trinajstić information content (AvgIpc) is 2.47. The first-order valence-corrected chi connectivity index (χ1v) is 8.02. The van der Waals surface area contributed by atoms with Crippen LogP contribution < -0.4 is 5.46 Å². The summed E-state index contributed by atoms with van der Waals surface area (Å²) in [4.78, 5) is 0. The minimum Gasteiger partial charge on any atom is -0.0928 e. The third-order valence-corrected chi connectivity index (χ3v) is 3.78. The van der Waals surface area contributed by atoms with Crippen LogP contribution in [-0.4, -0.2) is 12.6 Å². The van der Waals surface area contributed by atoms with Crippen LogP contribution in [0, 0.1) is 0 Å². The highest BCUT2D eigenvalue weighted by Gasteiger charge is 1.99. The monoisotopic (exact) mass is 313 g/mol. The van der Waals surface area contributed by atoms with Crippen molar-refractivity contribution in [3.63, 3.8) is 0 Å². The van der Waals surface area contributed by atoms with Crippen molar-refractivity contribution in [2.45, 2.75) is 25.6 Å². The first kappa shape index (κ1) is 14.4. The Kier molecular flexibility index (Phi) is 6.22. The summed E-state index contributed by atoms with van der Waals surface area (Å²) in [5.41, 5.74) is 4.15. The number of alkyl halides is 1. The van der Waals surface area contributed by atoms with Gasteiger partial charge in [-0.2, -0.15) is 0 Å². The molecule has 0 heterocycles. The number of rotatable bonds is 7. The van der Waals surface area contributed by atoms with E-state index in [1.165, 1.54) is 35.9 Å². The highest BCUT2D eigenvalue weighted by molar-refractivity contribution is 9.09. The van der Waals surface area contributed by atoms with E-state index in [9.17, 15) is 0 Å². The second-order valence-electron chi connectivity index (χ2n) is 4.78. The van der Waals surface area contributed by atoms with Crippen molar-refractivity contribution in [2.75, 3.05) is 5.33 Å². The van der Waals surface area contributed by atoms with Crippen LogP contribution in [0.5, 0.6) is 0 Å². The van der Waals surface area contributed by atoms with Gasteiger partial charge in [-0.15, -0.1) is 0 Å². The first-order chi connectivity index (χ1) is 9.38. The molecule has 0 unspecified atom stereocenters. The molecule has 0 aromatic heterocycles. The zero-order valence-corrected chi connectivity index (χ0v) is 12.8. The predicted molar refractivity (Wildman–Crippen MR) is 88.7 cm³/mol. The molecule has 1 radical (unpaired) electrons. The van der Waals surface area contributed by atoms with Crippen molar-refractivity contribution in [3.8, 4) is 0 Å². The van der Waals surface area contributed by atoms with Crippen LogP contribution in [0.1, 0.15) is 24.0 Å². The van der Waals surface area contributed by atoms with Crippen LogP contribution in [0.2, 0.25) is 0 Å². The van der Waals surface area contributed by atoms with Crippen LogP contribution in [0.25, 0.3) is 0 Å². The molecule has 0 spiro atoms. The van der Waals surface area contributed by atoms with Crippen LogP contribution in [-0.2, 0) is 12.7 Å². The first-order valence-electron chi connectivity index (χ1n) is 6.90. The number of hydrogen-bond donors (Lipinski definition) is 0.